The number of carbonyl (C=O) groups is 2. The molecule has 4 rings (SSSR count). The molecule has 1 N–H and O–H groups in total. The Balaban J connectivity index is 1.75. The van der Waals surface area contributed by atoms with Gasteiger partial charge in [-0.2, -0.15) is 0 Å². The van der Waals surface area contributed by atoms with Gasteiger partial charge in [-0.15, -0.1) is 0 Å². The maximum atomic E-state index is 13.5. The number of hydrogen-bond acceptors (Lipinski definition) is 4. The van der Waals surface area contributed by atoms with Crippen molar-refractivity contribution < 1.29 is 18.4 Å². The molecule has 2 amide bonds. The van der Waals surface area contributed by atoms with E-state index in [1.165, 1.54) is 17.4 Å². The van der Waals surface area contributed by atoms with Crippen LogP contribution in [0.15, 0.2) is 69.9 Å². The molecule has 31 heavy (non-hydrogen) atoms. The van der Waals surface area contributed by atoms with Gasteiger partial charge < -0.3 is 14.2 Å². The van der Waals surface area contributed by atoms with E-state index >= 15 is 0 Å². The number of hydrogen-bond donors (Lipinski definition) is 1. The van der Waals surface area contributed by atoms with E-state index in [4.69, 9.17) is 8.83 Å². The number of amides is 2. The number of nitrogens with zero attached hydrogens (tertiary/aromatic N) is 1. The largest absolute Gasteiger partial charge is 0.467 e. The Labute approximate surface area is 182 Å². The molecule has 0 saturated heterocycles. The van der Waals surface area contributed by atoms with Crippen molar-refractivity contribution in [2.75, 3.05) is 4.90 Å². The smallest absolute Gasteiger partial charge is 0.295 e. The molecule has 1 atom stereocenters. The van der Waals surface area contributed by atoms with Crippen LogP contribution in [0, 0.1) is 0 Å². The van der Waals surface area contributed by atoms with Gasteiger partial charge in [0.2, 0.25) is 0 Å². The lowest BCUT2D eigenvalue weighted by Gasteiger charge is -2.30. The first kappa shape index (κ1) is 21.0. The highest BCUT2D eigenvalue weighted by atomic mass is 16.3. The number of carbonyl (C=O) groups excluding carboxylic acids is 2. The molecule has 3 aromatic rings. The fraction of sp³-hybridized carbons (Fsp3) is 0.360. The Morgan fingerprint density at radius 3 is 2.23 bits per heavy atom. The van der Waals surface area contributed by atoms with Gasteiger partial charge >= 0.3 is 0 Å². The Morgan fingerprint density at radius 1 is 0.968 bits per heavy atom. The van der Waals surface area contributed by atoms with Crippen LogP contribution in [0.3, 0.4) is 0 Å². The predicted octanol–water partition coefficient (Wildman–Crippen LogP) is 5.44. The molecular weight excluding hydrogens is 392 g/mol. The summed E-state index contributed by atoms with van der Waals surface area (Å²) in [6.45, 7) is 4.23. The van der Waals surface area contributed by atoms with Gasteiger partial charge in [-0.3, -0.25) is 14.5 Å². The second-order valence-corrected chi connectivity index (χ2v) is 8.31. The van der Waals surface area contributed by atoms with Crippen molar-refractivity contribution in [1.82, 2.24) is 5.32 Å². The summed E-state index contributed by atoms with van der Waals surface area (Å²) in [7, 11) is 0. The molecule has 0 aliphatic heterocycles. The summed E-state index contributed by atoms with van der Waals surface area (Å²) in [6, 6.07) is 13.6. The van der Waals surface area contributed by atoms with Crippen molar-refractivity contribution in [3.05, 3.63) is 78.1 Å². The summed E-state index contributed by atoms with van der Waals surface area (Å²) in [5.74, 6) is 0.274. The van der Waals surface area contributed by atoms with Crippen LogP contribution in [-0.4, -0.2) is 17.9 Å². The van der Waals surface area contributed by atoms with Gasteiger partial charge in [0.1, 0.15) is 5.76 Å². The van der Waals surface area contributed by atoms with Crippen molar-refractivity contribution in [3.63, 3.8) is 0 Å². The zero-order valence-corrected chi connectivity index (χ0v) is 17.9. The summed E-state index contributed by atoms with van der Waals surface area (Å²) in [5.41, 5.74) is 1.76. The molecule has 6 heteroatoms. The van der Waals surface area contributed by atoms with Gasteiger partial charge in [0.15, 0.2) is 11.8 Å². The highest BCUT2D eigenvalue weighted by Crippen LogP contribution is 2.32. The molecule has 1 saturated carbocycles. The maximum absolute atomic E-state index is 13.5. The molecule has 1 unspecified atom stereocenters. The molecule has 162 valence electrons. The van der Waals surface area contributed by atoms with Gasteiger partial charge in [-0.25, -0.2) is 0 Å². The Bertz CT molecular complexity index is 985. The summed E-state index contributed by atoms with van der Waals surface area (Å²) in [5, 5.41) is 3.12. The Kier molecular flexibility index (Phi) is 6.26. The highest BCUT2D eigenvalue weighted by molar-refractivity contribution is 6.08. The maximum Gasteiger partial charge on any atom is 0.295 e. The lowest BCUT2D eigenvalue weighted by atomic mass is 10.0. The van der Waals surface area contributed by atoms with Crippen molar-refractivity contribution in [3.8, 4) is 0 Å². The van der Waals surface area contributed by atoms with Crippen molar-refractivity contribution >= 4 is 17.5 Å². The summed E-state index contributed by atoms with van der Waals surface area (Å²) >= 11 is 0. The number of benzene rings is 1. The summed E-state index contributed by atoms with van der Waals surface area (Å²) in [6.07, 6.45) is 7.07. The number of furan rings is 2. The first-order valence-electron chi connectivity index (χ1n) is 10.9. The summed E-state index contributed by atoms with van der Waals surface area (Å²) in [4.78, 5) is 28.4. The average molecular weight is 421 g/mol. The molecule has 2 aromatic heterocycles. The molecule has 0 bridgehead atoms. The van der Waals surface area contributed by atoms with Gasteiger partial charge in [0.25, 0.3) is 11.8 Å². The number of nitrogens with one attached hydrogen (secondary N) is 1. The molecule has 1 fully saturated rings. The Morgan fingerprint density at radius 2 is 1.65 bits per heavy atom. The molecule has 2 heterocycles. The zero-order chi connectivity index (χ0) is 21.8. The standard InChI is InChI=1S/C25H28N2O4/c1-17(2)18-11-13-20(14-12-18)27(25(29)22-10-6-16-31-22)23(21-9-5-15-30-21)24(28)26-19-7-3-4-8-19/h5-6,9-17,19,23H,3-4,7-8H2,1-2H3,(H,26,28). The lowest BCUT2D eigenvalue weighted by molar-refractivity contribution is -0.123. The number of anilines is 1. The minimum Gasteiger partial charge on any atom is -0.467 e. The van der Waals surface area contributed by atoms with Crippen LogP contribution in [-0.2, 0) is 4.79 Å². The van der Waals surface area contributed by atoms with Crippen molar-refractivity contribution in [1.29, 1.82) is 0 Å². The van der Waals surface area contributed by atoms with Crippen molar-refractivity contribution in [2.45, 2.75) is 57.5 Å². The van der Waals surface area contributed by atoms with E-state index in [9.17, 15) is 9.59 Å². The fourth-order valence-corrected chi connectivity index (χ4v) is 4.09. The van der Waals surface area contributed by atoms with E-state index in [1.54, 1.807) is 24.3 Å². The minimum absolute atomic E-state index is 0.119. The van der Waals surface area contributed by atoms with Crippen LogP contribution in [0.2, 0.25) is 0 Å². The molecular formula is C25H28N2O4. The van der Waals surface area contributed by atoms with Gasteiger partial charge in [-0.1, -0.05) is 38.8 Å². The third-order valence-corrected chi connectivity index (χ3v) is 5.81. The average Bonchev–Trinajstić information content (AvgIpc) is 3.55. The van der Waals surface area contributed by atoms with Crippen LogP contribution in [0.25, 0.3) is 0 Å². The zero-order valence-electron chi connectivity index (χ0n) is 17.9. The minimum atomic E-state index is -0.946. The van der Waals surface area contributed by atoms with Crippen LogP contribution < -0.4 is 10.2 Å². The topological polar surface area (TPSA) is 75.7 Å². The highest BCUT2D eigenvalue weighted by Gasteiger charge is 2.37. The monoisotopic (exact) mass is 420 g/mol. The van der Waals surface area contributed by atoms with Gasteiger partial charge in [0.05, 0.1) is 12.5 Å². The first-order valence-corrected chi connectivity index (χ1v) is 10.9. The fourth-order valence-electron chi connectivity index (χ4n) is 4.09. The van der Waals surface area contributed by atoms with E-state index in [1.807, 2.05) is 24.3 Å². The third-order valence-electron chi connectivity index (χ3n) is 5.81. The van der Waals surface area contributed by atoms with Crippen LogP contribution in [0.5, 0.6) is 0 Å². The third kappa shape index (κ3) is 4.58. The van der Waals surface area contributed by atoms with E-state index in [0.29, 0.717) is 17.4 Å². The Hall–Kier alpha value is -3.28. The second-order valence-electron chi connectivity index (χ2n) is 8.31. The molecule has 1 aliphatic rings. The van der Waals surface area contributed by atoms with E-state index in [-0.39, 0.29) is 17.7 Å². The van der Waals surface area contributed by atoms with Gasteiger partial charge in [-0.05, 0) is 60.7 Å². The SMILES string of the molecule is CC(C)c1ccc(N(C(=O)c2ccco2)C(C(=O)NC2CCCC2)c2ccco2)cc1. The molecule has 6 nitrogen and oxygen atoms in total. The summed E-state index contributed by atoms with van der Waals surface area (Å²) < 4.78 is 11.0. The second kappa shape index (κ2) is 9.25. The predicted molar refractivity (Wildman–Crippen MR) is 118 cm³/mol. The first-order chi connectivity index (χ1) is 15.0. The molecule has 1 aromatic carbocycles. The van der Waals surface area contributed by atoms with Crippen LogP contribution >= 0.6 is 0 Å². The van der Waals surface area contributed by atoms with Crippen LogP contribution in [0.1, 0.15) is 73.4 Å². The van der Waals surface area contributed by atoms with Crippen LogP contribution in [0.4, 0.5) is 5.69 Å². The van der Waals surface area contributed by atoms with Crippen molar-refractivity contribution in [2.24, 2.45) is 0 Å². The molecule has 0 spiro atoms. The van der Waals surface area contributed by atoms with E-state index in [0.717, 1.165) is 31.2 Å². The quantitative estimate of drug-likeness (QED) is 0.552. The van der Waals surface area contributed by atoms with Gasteiger partial charge in [0, 0.05) is 11.7 Å². The number of rotatable bonds is 7. The normalized spacial score (nSPS) is 15.2. The molecule has 1 aliphatic carbocycles. The van der Waals surface area contributed by atoms with E-state index in [2.05, 4.69) is 19.2 Å². The van der Waals surface area contributed by atoms with E-state index < -0.39 is 11.9 Å². The molecule has 0 radical (unpaired) electrons. The lowest BCUT2D eigenvalue weighted by Crippen LogP contribution is -2.46.